The van der Waals surface area contributed by atoms with Gasteiger partial charge in [-0.05, 0) is 24.4 Å². The van der Waals surface area contributed by atoms with Crippen LogP contribution in [0.25, 0.3) is 10.2 Å². The predicted octanol–water partition coefficient (Wildman–Crippen LogP) is 2.34. The molecule has 0 aliphatic carbocycles. The van der Waals surface area contributed by atoms with E-state index >= 15 is 0 Å². The van der Waals surface area contributed by atoms with Crippen LogP contribution in [0, 0.1) is 0 Å². The molecule has 2 aromatic heterocycles. The summed E-state index contributed by atoms with van der Waals surface area (Å²) in [5.74, 6) is -0.0112. The molecule has 2 aromatic rings. The van der Waals surface area contributed by atoms with Crippen molar-refractivity contribution in [3.63, 3.8) is 0 Å². The molecular formula is C17H23N3O2S. The maximum atomic E-state index is 12.6. The minimum Gasteiger partial charge on any atom is -0.379 e. The van der Waals surface area contributed by atoms with Gasteiger partial charge in [-0.15, -0.1) is 11.3 Å². The summed E-state index contributed by atoms with van der Waals surface area (Å²) in [5, 5.41) is 6.22. The summed E-state index contributed by atoms with van der Waals surface area (Å²) in [6, 6.07) is 4.03. The number of hydrogen-bond donors (Lipinski definition) is 1. The van der Waals surface area contributed by atoms with Crippen LogP contribution in [-0.2, 0) is 11.3 Å². The molecule has 1 amide bonds. The van der Waals surface area contributed by atoms with Gasteiger partial charge < -0.3 is 14.6 Å². The third kappa shape index (κ3) is 3.83. The van der Waals surface area contributed by atoms with E-state index in [1.165, 1.54) is 0 Å². The second-order valence-electron chi connectivity index (χ2n) is 5.96. The summed E-state index contributed by atoms with van der Waals surface area (Å²) >= 11 is 1.66. The molecule has 1 N–H and O–H groups in total. The first-order chi connectivity index (χ1) is 11.1. The van der Waals surface area contributed by atoms with Gasteiger partial charge in [0.2, 0.25) is 0 Å². The summed E-state index contributed by atoms with van der Waals surface area (Å²) in [4.78, 5) is 16.0. The van der Waals surface area contributed by atoms with Crippen molar-refractivity contribution in [1.29, 1.82) is 0 Å². The Labute approximate surface area is 140 Å². The van der Waals surface area contributed by atoms with Gasteiger partial charge in [0.25, 0.3) is 5.91 Å². The fourth-order valence-corrected chi connectivity index (χ4v) is 3.73. The van der Waals surface area contributed by atoms with E-state index in [9.17, 15) is 4.79 Å². The Morgan fingerprint density at radius 3 is 2.96 bits per heavy atom. The first-order valence-electron chi connectivity index (χ1n) is 7.94. The number of rotatable bonds is 6. The Hall–Kier alpha value is -1.63. The second kappa shape index (κ2) is 7.29. The zero-order valence-electron chi connectivity index (χ0n) is 13.5. The molecule has 0 saturated carbocycles. The quantitative estimate of drug-likeness (QED) is 0.826. The number of nitrogens with one attached hydrogen (secondary N) is 1. The number of amides is 1. The van der Waals surface area contributed by atoms with Gasteiger partial charge >= 0.3 is 0 Å². The maximum Gasteiger partial charge on any atom is 0.268 e. The van der Waals surface area contributed by atoms with E-state index in [4.69, 9.17) is 4.74 Å². The molecule has 0 radical (unpaired) electrons. The van der Waals surface area contributed by atoms with Crippen LogP contribution in [0.5, 0.6) is 0 Å². The van der Waals surface area contributed by atoms with Crippen LogP contribution in [-0.4, -0.2) is 54.8 Å². The average molecular weight is 333 g/mol. The van der Waals surface area contributed by atoms with E-state index in [1.807, 2.05) is 13.0 Å². The van der Waals surface area contributed by atoms with Gasteiger partial charge in [-0.1, -0.05) is 12.2 Å². The molecule has 23 heavy (non-hydrogen) atoms. The highest BCUT2D eigenvalue weighted by Crippen LogP contribution is 2.26. The summed E-state index contributed by atoms with van der Waals surface area (Å²) in [7, 11) is 0. The molecule has 1 aliphatic heterocycles. The minimum atomic E-state index is -0.0112. The number of morpholine rings is 1. The van der Waals surface area contributed by atoms with Crippen LogP contribution in [0.3, 0.4) is 0 Å². The van der Waals surface area contributed by atoms with Crippen molar-refractivity contribution in [2.45, 2.75) is 13.5 Å². The maximum absolute atomic E-state index is 12.6. The SMILES string of the molecule is C=C(C)Cn1c(C(=O)NCCN2CCOCC2)cc2ccsc21. The third-order valence-electron chi connectivity index (χ3n) is 3.98. The van der Waals surface area contributed by atoms with Gasteiger partial charge in [0, 0.05) is 38.1 Å². The molecule has 3 rings (SSSR count). The molecular weight excluding hydrogens is 310 g/mol. The Kier molecular flexibility index (Phi) is 5.15. The average Bonchev–Trinajstić information content (AvgIpc) is 3.11. The number of ether oxygens (including phenoxy) is 1. The molecule has 3 heterocycles. The number of hydrogen-bond acceptors (Lipinski definition) is 4. The number of thiophene rings is 1. The lowest BCUT2D eigenvalue weighted by Gasteiger charge is -2.26. The third-order valence-corrected chi connectivity index (χ3v) is 4.93. The van der Waals surface area contributed by atoms with Crippen molar-refractivity contribution < 1.29 is 9.53 Å². The van der Waals surface area contributed by atoms with Crippen molar-refractivity contribution in [2.24, 2.45) is 0 Å². The van der Waals surface area contributed by atoms with Gasteiger partial charge in [-0.25, -0.2) is 0 Å². The predicted molar refractivity (Wildman–Crippen MR) is 94.2 cm³/mol. The molecule has 1 saturated heterocycles. The van der Waals surface area contributed by atoms with Crippen molar-refractivity contribution in [2.75, 3.05) is 39.4 Å². The van der Waals surface area contributed by atoms with Gasteiger partial charge in [0.05, 0.1) is 13.2 Å². The van der Waals surface area contributed by atoms with Crippen molar-refractivity contribution in [3.8, 4) is 0 Å². The summed E-state index contributed by atoms with van der Waals surface area (Å²) in [6.07, 6.45) is 0. The Balaban J connectivity index is 1.65. The van der Waals surface area contributed by atoms with Gasteiger partial charge in [-0.2, -0.15) is 0 Å². The van der Waals surface area contributed by atoms with E-state index in [0.717, 1.165) is 54.3 Å². The molecule has 0 spiro atoms. The smallest absolute Gasteiger partial charge is 0.268 e. The van der Waals surface area contributed by atoms with Crippen molar-refractivity contribution >= 4 is 27.5 Å². The van der Waals surface area contributed by atoms with E-state index in [2.05, 4.69) is 32.8 Å². The fourth-order valence-electron chi connectivity index (χ4n) is 2.83. The first kappa shape index (κ1) is 16.2. The highest BCUT2D eigenvalue weighted by atomic mass is 32.1. The molecule has 124 valence electrons. The molecule has 0 unspecified atom stereocenters. The minimum absolute atomic E-state index is 0.0112. The molecule has 1 fully saturated rings. The standard InChI is InChI=1S/C17H23N3O2S/c1-13(2)12-20-15(11-14-3-10-23-17(14)20)16(21)18-4-5-19-6-8-22-9-7-19/h3,10-11H,1,4-9,12H2,2H3,(H,18,21). The molecule has 0 aromatic carbocycles. The lowest BCUT2D eigenvalue weighted by Crippen LogP contribution is -2.41. The summed E-state index contributed by atoms with van der Waals surface area (Å²) < 4.78 is 7.40. The van der Waals surface area contributed by atoms with Gasteiger partial charge in [0.15, 0.2) is 0 Å². The monoisotopic (exact) mass is 333 g/mol. The largest absolute Gasteiger partial charge is 0.379 e. The summed E-state index contributed by atoms with van der Waals surface area (Å²) in [5.41, 5.74) is 1.76. The lowest BCUT2D eigenvalue weighted by molar-refractivity contribution is 0.0383. The van der Waals surface area contributed by atoms with Crippen molar-refractivity contribution in [3.05, 3.63) is 35.4 Å². The highest BCUT2D eigenvalue weighted by Gasteiger charge is 2.17. The molecule has 1 aliphatic rings. The van der Waals surface area contributed by atoms with Crippen LogP contribution < -0.4 is 5.32 Å². The summed E-state index contributed by atoms with van der Waals surface area (Å²) in [6.45, 7) is 11.6. The number of carbonyl (C=O) groups is 1. The van der Waals surface area contributed by atoms with Crippen LogP contribution in [0.15, 0.2) is 29.7 Å². The molecule has 5 nitrogen and oxygen atoms in total. The lowest BCUT2D eigenvalue weighted by atomic mass is 10.3. The van der Waals surface area contributed by atoms with Crippen LogP contribution in [0.4, 0.5) is 0 Å². The number of aromatic nitrogens is 1. The second-order valence-corrected chi connectivity index (χ2v) is 6.86. The Bertz CT molecular complexity index is 698. The van der Waals surface area contributed by atoms with E-state index in [0.29, 0.717) is 13.1 Å². The molecule has 0 atom stereocenters. The fraction of sp³-hybridized carbons (Fsp3) is 0.471. The Morgan fingerprint density at radius 2 is 2.22 bits per heavy atom. The highest BCUT2D eigenvalue weighted by molar-refractivity contribution is 7.16. The first-order valence-corrected chi connectivity index (χ1v) is 8.82. The Morgan fingerprint density at radius 1 is 1.43 bits per heavy atom. The number of carbonyl (C=O) groups excluding carboxylic acids is 1. The number of fused-ring (bicyclic) bond motifs is 1. The zero-order valence-corrected chi connectivity index (χ0v) is 14.3. The molecule has 6 heteroatoms. The van der Waals surface area contributed by atoms with E-state index in [1.54, 1.807) is 11.3 Å². The van der Waals surface area contributed by atoms with Crippen LogP contribution in [0.1, 0.15) is 17.4 Å². The molecule has 0 bridgehead atoms. The number of allylic oxidation sites excluding steroid dienone is 1. The van der Waals surface area contributed by atoms with Gasteiger partial charge in [0.1, 0.15) is 10.5 Å². The zero-order chi connectivity index (χ0) is 16.2. The number of nitrogens with zero attached hydrogens (tertiary/aromatic N) is 2. The normalized spacial score (nSPS) is 15.9. The van der Waals surface area contributed by atoms with E-state index in [-0.39, 0.29) is 5.91 Å². The van der Waals surface area contributed by atoms with E-state index < -0.39 is 0 Å². The van der Waals surface area contributed by atoms with Crippen LogP contribution in [0.2, 0.25) is 0 Å². The van der Waals surface area contributed by atoms with Crippen molar-refractivity contribution in [1.82, 2.24) is 14.8 Å². The topological polar surface area (TPSA) is 46.5 Å². The van der Waals surface area contributed by atoms with Crippen LogP contribution >= 0.6 is 11.3 Å². The van der Waals surface area contributed by atoms with Gasteiger partial charge in [-0.3, -0.25) is 9.69 Å².